The molecule has 4 atom stereocenters. The van der Waals surface area contributed by atoms with E-state index in [1.165, 1.54) is 0 Å². The average molecular weight is 580 g/mol. The second-order valence-electron chi connectivity index (χ2n) is 7.42. The first-order valence-electron chi connectivity index (χ1n) is 8.33. The molecule has 21 heavy (non-hydrogen) atoms. The number of hydrogen-bond acceptors (Lipinski definition) is 0. The van der Waals surface area contributed by atoms with Gasteiger partial charge in [0.2, 0.25) is 0 Å². The van der Waals surface area contributed by atoms with Gasteiger partial charge in [-0.25, -0.2) is 0 Å². The first kappa shape index (κ1) is 23.9. The summed E-state index contributed by atoms with van der Waals surface area (Å²) in [6.45, 7) is 20.8. The van der Waals surface area contributed by atoms with Crippen LogP contribution >= 0.6 is 0 Å². The van der Waals surface area contributed by atoms with Crippen LogP contribution in [0.1, 0.15) is 55.4 Å². The molecule has 0 heterocycles. The van der Waals surface area contributed by atoms with Crippen LogP contribution in [0, 0.1) is 0 Å². The van der Waals surface area contributed by atoms with Crippen LogP contribution in [0.3, 0.4) is 0 Å². The summed E-state index contributed by atoms with van der Waals surface area (Å²) in [5, 5.41) is 0. The monoisotopic (exact) mass is 580 g/mol. The Balaban J connectivity index is 6.20. The maximum atomic E-state index is 2.87. The Hall–Kier alpha value is 2.95. The fraction of sp³-hybridized carbons (Fsp3) is 1.00. The summed E-state index contributed by atoms with van der Waals surface area (Å²) in [5.74, 6) is 0. The minimum absolute atomic E-state index is 0.567. The summed E-state index contributed by atoms with van der Waals surface area (Å²) in [7, 11) is -1.54. The molecule has 4 unspecified atom stereocenters. The molecule has 0 nitrogen and oxygen atoms in total. The van der Waals surface area contributed by atoms with E-state index in [1.807, 2.05) is 0 Å². The summed E-state index contributed by atoms with van der Waals surface area (Å²) < 4.78 is 4.33. The van der Waals surface area contributed by atoms with Gasteiger partial charge in [0, 0.05) is 0 Å². The predicted molar refractivity (Wildman–Crippen MR) is 107 cm³/mol. The van der Waals surface area contributed by atoms with Crippen molar-refractivity contribution in [2.45, 2.75) is 97.1 Å². The molecule has 128 valence electrons. The zero-order valence-electron chi connectivity index (χ0n) is 16.6. The van der Waals surface area contributed by atoms with Crippen molar-refractivity contribution in [2.75, 3.05) is 0 Å². The summed E-state index contributed by atoms with van der Waals surface area (Å²) in [6.07, 6.45) is 0. The molecule has 0 aliphatic heterocycles. The number of rotatable bonds is 8. The van der Waals surface area contributed by atoms with Crippen LogP contribution in [-0.4, -0.2) is 47.2 Å². The zero-order chi connectivity index (χ0) is 17.1. The molecule has 0 radical (unpaired) electrons. The summed E-state index contributed by atoms with van der Waals surface area (Å²) in [4.78, 5) is 0. The van der Waals surface area contributed by atoms with Crippen molar-refractivity contribution in [2.24, 2.45) is 0 Å². The van der Waals surface area contributed by atoms with E-state index >= 15 is 0 Å². The fourth-order valence-electron chi connectivity index (χ4n) is 2.88. The van der Waals surface area contributed by atoms with E-state index in [-0.39, 0.29) is 0 Å². The third kappa shape index (κ3) is 5.46. The van der Waals surface area contributed by atoms with Crippen molar-refractivity contribution in [1.29, 1.82) is 0 Å². The molecular weight excluding hydrogens is 540 g/mol. The summed E-state index contributed by atoms with van der Waals surface area (Å²) in [5.41, 5.74) is 11.5. The van der Waals surface area contributed by atoms with Crippen LogP contribution in [0.5, 0.6) is 0 Å². The molecule has 0 aliphatic carbocycles. The van der Waals surface area contributed by atoms with Gasteiger partial charge in [0.1, 0.15) is 0 Å². The van der Waals surface area contributed by atoms with Gasteiger partial charge < -0.3 is 0 Å². The molecular formula is C16H40As4Ti. The zero-order valence-corrected chi connectivity index (χ0v) is 25.7. The minimum atomic E-state index is -1.54. The second kappa shape index (κ2) is 10.2. The Morgan fingerprint density at radius 2 is 0.571 bits per heavy atom. The van der Waals surface area contributed by atoms with Crippen LogP contribution < -0.4 is 0 Å². The third-order valence-corrected chi connectivity index (χ3v) is 244. The first-order valence-corrected chi connectivity index (χ1v) is 38.4. The summed E-state index contributed by atoms with van der Waals surface area (Å²) >= 11 is -2.27. The second-order valence-corrected chi connectivity index (χ2v) is 115. The van der Waals surface area contributed by atoms with Gasteiger partial charge in [-0.15, -0.1) is 0 Å². The molecule has 5 heteroatoms. The molecule has 0 saturated heterocycles. The predicted octanol–water partition coefficient (Wildman–Crippen LogP) is 6.27. The van der Waals surface area contributed by atoms with Gasteiger partial charge in [-0.05, 0) is 0 Å². The summed E-state index contributed by atoms with van der Waals surface area (Å²) in [6, 6.07) is 0. The van der Waals surface area contributed by atoms with Crippen LogP contribution in [0.4, 0.5) is 0 Å². The molecule has 0 saturated carbocycles. The average Bonchev–Trinajstić information content (AvgIpc) is 2.37. The molecule has 0 amide bonds. The van der Waals surface area contributed by atoms with Gasteiger partial charge in [0.15, 0.2) is 0 Å². The Labute approximate surface area is 149 Å². The molecule has 0 fully saturated rings. The first-order chi connectivity index (χ1) is 9.42. The molecule has 0 aromatic rings. The van der Waals surface area contributed by atoms with Crippen LogP contribution in [0.25, 0.3) is 0 Å². The van der Waals surface area contributed by atoms with Crippen LogP contribution in [0.15, 0.2) is 0 Å². The Kier molecular flexibility index (Phi) is 11.6. The van der Waals surface area contributed by atoms with Crippen molar-refractivity contribution in [3.8, 4) is 0 Å². The van der Waals surface area contributed by atoms with Crippen molar-refractivity contribution >= 4 is 47.2 Å². The van der Waals surface area contributed by atoms with Gasteiger partial charge in [-0.3, -0.25) is 0 Å². The third-order valence-electron chi connectivity index (χ3n) is 4.99. The molecule has 0 aromatic carbocycles. The fourth-order valence-corrected chi connectivity index (χ4v) is 320. The Morgan fingerprint density at radius 1 is 0.429 bits per heavy atom. The molecule has 0 rings (SSSR count). The van der Waals surface area contributed by atoms with E-state index in [0.717, 1.165) is 18.8 Å². The quantitative estimate of drug-likeness (QED) is 0.298. The standard InChI is InChI=1S/4C4H10As.Ti/c4*1-4(2)5-3;/h4*4H,1-3H3;/q4*-1;+4. The van der Waals surface area contributed by atoms with E-state index in [4.69, 9.17) is 0 Å². The number of hydrogen-bond donors (Lipinski definition) is 0. The van der Waals surface area contributed by atoms with E-state index < -0.39 is 54.5 Å². The van der Waals surface area contributed by atoms with E-state index in [9.17, 15) is 0 Å². The maximum absolute atomic E-state index is 2.87. The van der Waals surface area contributed by atoms with Gasteiger partial charge in [-0.2, -0.15) is 0 Å². The van der Waals surface area contributed by atoms with Gasteiger partial charge in [0.25, 0.3) is 0 Å². The Bertz CT molecular complexity index is 243. The van der Waals surface area contributed by atoms with E-state index in [1.54, 1.807) is 0 Å². The molecule has 0 bridgehead atoms. The van der Waals surface area contributed by atoms with Crippen molar-refractivity contribution in [3.63, 3.8) is 0 Å². The van der Waals surface area contributed by atoms with Gasteiger partial charge in [-0.1, -0.05) is 0 Å². The normalized spacial score (nSPS) is 21.7. The van der Waals surface area contributed by atoms with Crippen molar-refractivity contribution in [1.82, 2.24) is 0 Å². The Morgan fingerprint density at radius 3 is 0.667 bits per heavy atom. The molecule has 0 N–H and O–H groups in total. The topological polar surface area (TPSA) is 0 Å². The van der Waals surface area contributed by atoms with Gasteiger partial charge in [0.05, 0.1) is 0 Å². The van der Waals surface area contributed by atoms with E-state index in [2.05, 4.69) is 78.2 Å². The van der Waals surface area contributed by atoms with Crippen LogP contribution in [-0.2, 0) is 7.31 Å². The molecule has 0 spiro atoms. The van der Waals surface area contributed by atoms with Crippen molar-refractivity contribution < 1.29 is 7.31 Å². The van der Waals surface area contributed by atoms with Gasteiger partial charge >= 0.3 is 152 Å². The van der Waals surface area contributed by atoms with Crippen molar-refractivity contribution in [3.05, 3.63) is 0 Å². The van der Waals surface area contributed by atoms with E-state index in [0.29, 0.717) is 0 Å². The molecule has 0 aromatic heterocycles. The molecule has 0 aliphatic rings. The van der Waals surface area contributed by atoms with Crippen LogP contribution in [0.2, 0.25) is 41.7 Å². The SMILES string of the molecule is CC(C)[As](C)[Ti]([As](C)C(C)C)([As](C)C(C)C)[As](C)C(C)C.